The van der Waals surface area contributed by atoms with Gasteiger partial charge in [-0.15, -0.1) is 0 Å². The maximum Gasteiger partial charge on any atom is 0.270 e. The van der Waals surface area contributed by atoms with Crippen molar-refractivity contribution in [1.29, 1.82) is 5.26 Å². The maximum absolute atomic E-state index is 13.8. The second-order valence-electron chi connectivity index (χ2n) is 5.45. The standard InChI is InChI=1S/C18H11FN6O3/c19-15-7-6-13(25(27)28)8-12(15)10-21-24-18-22-16(11-4-2-1-3-5-11)14(9-20)17(26)23-18/h1-8,10H,(H2,22,23,24,26). The summed E-state index contributed by atoms with van der Waals surface area (Å²) in [7, 11) is 0. The molecular weight excluding hydrogens is 367 g/mol. The van der Waals surface area contributed by atoms with E-state index in [2.05, 4.69) is 20.5 Å². The van der Waals surface area contributed by atoms with Gasteiger partial charge in [0, 0.05) is 23.3 Å². The van der Waals surface area contributed by atoms with Crippen LogP contribution in [0.1, 0.15) is 11.1 Å². The van der Waals surface area contributed by atoms with E-state index in [-0.39, 0.29) is 28.5 Å². The van der Waals surface area contributed by atoms with Crippen molar-refractivity contribution < 1.29 is 9.31 Å². The number of nitrogens with one attached hydrogen (secondary N) is 2. The van der Waals surface area contributed by atoms with Crippen molar-refractivity contribution >= 4 is 17.9 Å². The first-order chi connectivity index (χ1) is 13.5. The Labute approximate surface area is 157 Å². The molecule has 0 bridgehead atoms. The summed E-state index contributed by atoms with van der Waals surface area (Å²) >= 11 is 0. The second kappa shape index (κ2) is 7.88. The minimum Gasteiger partial charge on any atom is -0.290 e. The first-order valence-corrected chi connectivity index (χ1v) is 7.82. The lowest BCUT2D eigenvalue weighted by Crippen LogP contribution is -2.16. The van der Waals surface area contributed by atoms with Crippen LogP contribution in [0.2, 0.25) is 0 Å². The minimum atomic E-state index is -0.706. The molecule has 3 rings (SSSR count). The van der Waals surface area contributed by atoms with Crippen LogP contribution in [-0.2, 0) is 0 Å². The van der Waals surface area contributed by atoms with Crippen LogP contribution in [0.3, 0.4) is 0 Å². The number of nitro groups is 1. The SMILES string of the molecule is N#Cc1c(-c2ccccc2)nc(NN=Cc2cc([N+](=O)[O-])ccc2F)[nH]c1=O. The zero-order valence-corrected chi connectivity index (χ0v) is 14.1. The number of halogens is 1. The molecule has 1 heterocycles. The molecule has 138 valence electrons. The predicted molar refractivity (Wildman–Crippen MR) is 99.3 cm³/mol. The molecule has 0 atom stereocenters. The molecule has 0 radical (unpaired) electrons. The highest BCUT2D eigenvalue weighted by Crippen LogP contribution is 2.19. The third kappa shape index (κ3) is 3.88. The summed E-state index contributed by atoms with van der Waals surface area (Å²) in [4.78, 5) is 28.8. The number of nitrogens with zero attached hydrogens (tertiary/aromatic N) is 4. The minimum absolute atomic E-state index is 0.0788. The van der Waals surface area contributed by atoms with Crippen molar-refractivity contribution in [3.8, 4) is 17.3 Å². The zero-order valence-electron chi connectivity index (χ0n) is 14.1. The Hall–Kier alpha value is -4.39. The van der Waals surface area contributed by atoms with Crippen LogP contribution in [0.25, 0.3) is 11.3 Å². The number of aromatic amines is 1. The monoisotopic (exact) mass is 378 g/mol. The van der Waals surface area contributed by atoms with Crippen molar-refractivity contribution in [3.63, 3.8) is 0 Å². The Balaban J connectivity index is 1.92. The fourth-order valence-electron chi connectivity index (χ4n) is 2.34. The molecule has 0 saturated heterocycles. The summed E-state index contributed by atoms with van der Waals surface area (Å²) in [6.45, 7) is 0. The number of aromatic nitrogens is 2. The number of hydrogen-bond donors (Lipinski definition) is 2. The molecule has 1 aromatic heterocycles. The van der Waals surface area contributed by atoms with Crippen LogP contribution in [0.4, 0.5) is 16.0 Å². The lowest BCUT2D eigenvalue weighted by molar-refractivity contribution is -0.384. The van der Waals surface area contributed by atoms with Crippen molar-refractivity contribution in [2.75, 3.05) is 5.43 Å². The van der Waals surface area contributed by atoms with Gasteiger partial charge in [-0.1, -0.05) is 30.3 Å². The number of benzene rings is 2. The highest BCUT2D eigenvalue weighted by atomic mass is 19.1. The molecule has 2 aromatic carbocycles. The molecule has 0 aliphatic carbocycles. The van der Waals surface area contributed by atoms with Crippen LogP contribution in [0.15, 0.2) is 58.4 Å². The van der Waals surface area contributed by atoms with Crippen molar-refractivity contribution in [2.24, 2.45) is 5.10 Å². The third-order valence-corrected chi connectivity index (χ3v) is 3.64. The van der Waals surface area contributed by atoms with Gasteiger partial charge in [-0.3, -0.25) is 19.9 Å². The summed E-state index contributed by atoms with van der Waals surface area (Å²) in [5.41, 5.74) is 1.89. The van der Waals surface area contributed by atoms with E-state index in [4.69, 9.17) is 0 Å². The Bertz CT molecular complexity index is 1170. The van der Waals surface area contributed by atoms with E-state index >= 15 is 0 Å². The van der Waals surface area contributed by atoms with Crippen molar-refractivity contribution in [3.05, 3.63) is 85.9 Å². The molecule has 3 aromatic rings. The molecule has 9 nitrogen and oxygen atoms in total. The van der Waals surface area contributed by atoms with E-state index in [9.17, 15) is 24.6 Å². The molecule has 0 aliphatic rings. The van der Waals surface area contributed by atoms with Crippen LogP contribution < -0.4 is 11.0 Å². The van der Waals surface area contributed by atoms with Gasteiger partial charge < -0.3 is 0 Å². The number of rotatable bonds is 5. The predicted octanol–water partition coefficient (Wildman–Crippen LogP) is 2.80. The zero-order chi connectivity index (χ0) is 20.1. The van der Waals surface area contributed by atoms with Crippen LogP contribution in [0.5, 0.6) is 0 Å². The molecule has 2 N–H and O–H groups in total. The van der Waals surface area contributed by atoms with Crippen LogP contribution in [0, 0.1) is 27.3 Å². The van der Waals surface area contributed by atoms with Crippen molar-refractivity contribution in [2.45, 2.75) is 0 Å². The summed E-state index contributed by atoms with van der Waals surface area (Å²) in [6.07, 6.45) is 1.02. The molecule has 0 amide bonds. The molecule has 0 aliphatic heterocycles. The van der Waals surface area contributed by atoms with Gasteiger partial charge in [-0.2, -0.15) is 10.4 Å². The van der Waals surface area contributed by atoms with E-state index in [0.717, 1.165) is 24.4 Å². The smallest absolute Gasteiger partial charge is 0.270 e. The highest BCUT2D eigenvalue weighted by Gasteiger charge is 2.13. The Morgan fingerprint density at radius 3 is 2.71 bits per heavy atom. The number of non-ortho nitro benzene ring substituents is 1. The highest BCUT2D eigenvalue weighted by molar-refractivity contribution is 5.81. The van der Waals surface area contributed by atoms with Gasteiger partial charge in [0.2, 0.25) is 5.95 Å². The Morgan fingerprint density at radius 2 is 2.04 bits per heavy atom. The summed E-state index contributed by atoms with van der Waals surface area (Å²) in [5.74, 6) is -0.785. The molecule has 0 spiro atoms. The van der Waals surface area contributed by atoms with E-state index in [1.807, 2.05) is 6.07 Å². The molecule has 0 fully saturated rings. The molecule has 10 heteroatoms. The average Bonchev–Trinajstić information content (AvgIpc) is 2.69. The van der Waals surface area contributed by atoms with Crippen LogP contribution in [-0.4, -0.2) is 21.1 Å². The quantitative estimate of drug-likeness (QED) is 0.398. The summed E-state index contributed by atoms with van der Waals surface area (Å²) in [6, 6.07) is 13.4. The van der Waals surface area contributed by atoms with E-state index < -0.39 is 16.3 Å². The first-order valence-electron chi connectivity index (χ1n) is 7.82. The molecule has 28 heavy (non-hydrogen) atoms. The fourth-order valence-corrected chi connectivity index (χ4v) is 2.34. The van der Waals surface area contributed by atoms with Gasteiger partial charge in [-0.25, -0.2) is 14.8 Å². The van der Waals surface area contributed by atoms with Crippen LogP contribution >= 0.6 is 0 Å². The summed E-state index contributed by atoms with van der Waals surface area (Å²) < 4.78 is 13.8. The molecular formula is C18H11FN6O3. The third-order valence-electron chi connectivity index (χ3n) is 3.64. The van der Waals surface area contributed by atoms with Gasteiger partial charge in [0.25, 0.3) is 11.2 Å². The largest absolute Gasteiger partial charge is 0.290 e. The lowest BCUT2D eigenvalue weighted by Gasteiger charge is -2.06. The van der Waals surface area contributed by atoms with Crippen molar-refractivity contribution in [1.82, 2.24) is 9.97 Å². The van der Waals surface area contributed by atoms with Gasteiger partial charge in [-0.05, 0) is 6.07 Å². The Kier molecular flexibility index (Phi) is 5.18. The number of nitriles is 1. The average molecular weight is 378 g/mol. The topological polar surface area (TPSA) is 137 Å². The van der Waals surface area contributed by atoms with Gasteiger partial charge >= 0.3 is 0 Å². The van der Waals surface area contributed by atoms with E-state index in [0.29, 0.717) is 5.56 Å². The number of H-pyrrole nitrogens is 1. The van der Waals surface area contributed by atoms with Gasteiger partial charge in [0.15, 0.2) is 0 Å². The fraction of sp³-hybridized carbons (Fsp3) is 0. The normalized spacial score (nSPS) is 10.6. The number of hydrazone groups is 1. The van der Waals surface area contributed by atoms with E-state index in [1.165, 1.54) is 0 Å². The second-order valence-corrected chi connectivity index (χ2v) is 5.45. The number of hydrogen-bond acceptors (Lipinski definition) is 7. The molecule has 0 unspecified atom stereocenters. The van der Waals surface area contributed by atoms with Gasteiger partial charge in [0.05, 0.1) is 16.8 Å². The first kappa shape index (κ1) is 18.4. The maximum atomic E-state index is 13.8. The van der Waals surface area contributed by atoms with Gasteiger partial charge in [0.1, 0.15) is 17.4 Å². The summed E-state index contributed by atoms with van der Waals surface area (Å²) in [5, 5.41) is 23.7. The lowest BCUT2D eigenvalue weighted by atomic mass is 10.1. The number of nitro benzene ring substituents is 1. The Morgan fingerprint density at radius 1 is 1.29 bits per heavy atom. The molecule has 0 saturated carbocycles. The van der Waals surface area contributed by atoms with E-state index in [1.54, 1.807) is 30.3 Å². The number of anilines is 1.